The van der Waals surface area contributed by atoms with E-state index in [4.69, 9.17) is 0 Å². The summed E-state index contributed by atoms with van der Waals surface area (Å²) in [6.45, 7) is 1.96. The van der Waals surface area contributed by atoms with Gasteiger partial charge in [-0.15, -0.1) is 10.2 Å². The van der Waals surface area contributed by atoms with E-state index >= 15 is 0 Å². The highest BCUT2D eigenvalue weighted by molar-refractivity contribution is 8.01. The Morgan fingerprint density at radius 3 is 2.46 bits per heavy atom. The van der Waals surface area contributed by atoms with Crippen LogP contribution in [-0.4, -0.2) is 27.6 Å². The van der Waals surface area contributed by atoms with E-state index in [0.717, 1.165) is 16.4 Å². The SMILES string of the molecule is CCCC(=O)Nc1ccc(C(=O)CSc2nnc(Nc3ccccc3)s2)cc1. The number of nitrogens with one attached hydrogen (secondary N) is 2. The summed E-state index contributed by atoms with van der Waals surface area (Å²) in [4.78, 5) is 24.0. The Bertz CT molecular complexity index is 927. The van der Waals surface area contributed by atoms with Gasteiger partial charge in [0.25, 0.3) is 0 Å². The number of ketones is 1. The normalized spacial score (nSPS) is 10.5. The predicted octanol–water partition coefficient (Wildman–Crippen LogP) is 5.00. The van der Waals surface area contributed by atoms with Crippen LogP contribution in [0.15, 0.2) is 58.9 Å². The van der Waals surface area contributed by atoms with E-state index in [-0.39, 0.29) is 17.4 Å². The molecule has 0 aliphatic heterocycles. The summed E-state index contributed by atoms with van der Waals surface area (Å²) in [5, 5.41) is 14.9. The Hall–Kier alpha value is -2.71. The van der Waals surface area contributed by atoms with Gasteiger partial charge in [-0.25, -0.2) is 0 Å². The lowest BCUT2D eigenvalue weighted by Gasteiger charge is -2.05. The number of para-hydroxylation sites is 1. The molecule has 0 aliphatic carbocycles. The second-order valence-electron chi connectivity index (χ2n) is 5.95. The molecule has 6 nitrogen and oxygen atoms in total. The molecule has 144 valence electrons. The molecule has 1 heterocycles. The van der Waals surface area contributed by atoms with Gasteiger partial charge in [0.05, 0.1) is 5.75 Å². The van der Waals surface area contributed by atoms with E-state index in [1.807, 2.05) is 37.3 Å². The zero-order valence-electron chi connectivity index (χ0n) is 15.3. The number of hydrogen-bond acceptors (Lipinski definition) is 7. The molecule has 0 spiro atoms. The first kappa shape index (κ1) is 20.0. The zero-order valence-corrected chi connectivity index (χ0v) is 17.0. The Labute approximate surface area is 171 Å². The molecule has 2 aromatic carbocycles. The molecule has 0 radical (unpaired) electrons. The lowest BCUT2D eigenvalue weighted by atomic mass is 10.1. The molecule has 1 amide bonds. The van der Waals surface area contributed by atoms with Crippen molar-refractivity contribution in [1.82, 2.24) is 10.2 Å². The van der Waals surface area contributed by atoms with Gasteiger partial charge >= 0.3 is 0 Å². The lowest BCUT2D eigenvalue weighted by molar-refractivity contribution is -0.116. The molecular formula is C20H20N4O2S2. The Balaban J connectivity index is 1.51. The van der Waals surface area contributed by atoms with E-state index < -0.39 is 0 Å². The maximum absolute atomic E-state index is 12.4. The van der Waals surface area contributed by atoms with Crippen molar-refractivity contribution in [2.24, 2.45) is 0 Å². The van der Waals surface area contributed by atoms with Crippen LogP contribution in [0.1, 0.15) is 30.1 Å². The number of benzene rings is 2. The van der Waals surface area contributed by atoms with Crippen molar-refractivity contribution < 1.29 is 9.59 Å². The average Bonchev–Trinajstić information content (AvgIpc) is 3.15. The van der Waals surface area contributed by atoms with E-state index in [2.05, 4.69) is 20.8 Å². The first-order valence-electron chi connectivity index (χ1n) is 8.85. The summed E-state index contributed by atoms with van der Waals surface area (Å²) in [5.74, 6) is 0.263. The van der Waals surface area contributed by atoms with Crippen LogP contribution in [0.25, 0.3) is 0 Å². The summed E-state index contributed by atoms with van der Waals surface area (Å²) in [6, 6.07) is 16.7. The smallest absolute Gasteiger partial charge is 0.224 e. The first-order valence-corrected chi connectivity index (χ1v) is 10.7. The minimum Gasteiger partial charge on any atom is -0.330 e. The molecular weight excluding hydrogens is 392 g/mol. The number of carbonyl (C=O) groups is 2. The van der Waals surface area contributed by atoms with Crippen LogP contribution >= 0.6 is 23.1 Å². The summed E-state index contributed by atoms with van der Waals surface area (Å²) in [6.07, 6.45) is 1.29. The Kier molecular flexibility index (Phi) is 7.16. The summed E-state index contributed by atoms with van der Waals surface area (Å²) < 4.78 is 0.732. The average molecular weight is 413 g/mol. The maximum atomic E-state index is 12.4. The molecule has 1 aromatic heterocycles. The molecule has 0 saturated carbocycles. The highest BCUT2D eigenvalue weighted by Crippen LogP contribution is 2.28. The quantitative estimate of drug-likeness (QED) is 0.380. The molecule has 8 heteroatoms. The number of nitrogens with zero attached hydrogens (tertiary/aromatic N) is 2. The second kappa shape index (κ2) is 10.0. The number of amides is 1. The molecule has 28 heavy (non-hydrogen) atoms. The highest BCUT2D eigenvalue weighted by Gasteiger charge is 2.11. The Morgan fingerprint density at radius 2 is 1.75 bits per heavy atom. The van der Waals surface area contributed by atoms with E-state index in [9.17, 15) is 9.59 Å². The number of thioether (sulfide) groups is 1. The van der Waals surface area contributed by atoms with Crippen molar-refractivity contribution in [2.45, 2.75) is 24.1 Å². The van der Waals surface area contributed by atoms with Gasteiger partial charge in [-0.2, -0.15) is 0 Å². The van der Waals surface area contributed by atoms with Gasteiger partial charge in [0.2, 0.25) is 11.0 Å². The summed E-state index contributed by atoms with van der Waals surface area (Å²) in [5.41, 5.74) is 2.24. The van der Waals surface area contributed by atoms with Crippen LogP contribution in [0, 0.1) is 0 Å². The molecule has 3 rings (SSSR count). The molecule has 3 aromatic rings. The number of rotatable bonds is 9. The second-order valence-corrected chi connectivity index (χ2v) is 8.15. The maximum Gasteiger partial charge on any atom is 0.224 e. The van der Waals surface area contributed by atoms with Gasteiger partial charge < -0.3 is 10.6 Å². The third-order valence-corrected chi connectivity index (χ3v) is 5.70. The third kappa shape index (κ3) is 5.90. The fourth-order valence-corrected chi connectivity index (χ4v) is 4.03. The minimum absolute atomic E-state index is 0.00389. The van der Waals surface area contributed by atoms with Crippen molar-refractivity contribution in [3.05, 3.63) is 60.2 Å². The molecule has 0 saturated heterocycles. The van der Waals surface area contributed by atoms with Crippen LogP contribution in [0.5, 0.6) is 0 Å². The van der Waals surface area contributed by atoms with E-state index in [0.29, 0.717) is 22.8 Å². The van der Waals surface area contributed by atoms with Gasteiger partial charge in [0.15, 0.2) is 10.1 Å². The van der Waals surface area contributed by atoms with Crippen LogP contribution in [-0.2, 0) is 4.79 Å². The van der Waals surface area contributed by atoms with E-state index in [1.165, 1.54) is 23.1 Å². The molecule has 2 N–H and O–H groups in total. The molecule has 0 fully saturated rings. The highest BCUT2D eigenvalue weighted by atomic mass is 32.2. The van der Waals surface area contributed by atoms with Gasteiger partial charge in [0.1, 0.15) is 0 Å². The standard InChI is InChI=1S/C20H20N4O2S2/c1-2-6-18(26)21-16-11-9-14(10-12-16)17(25)13-27-20-24-23-19(28-20)22-15-7-4-3-5-8-15/h3-5,7-12H,2,6,13H2,1H3,(H,21,26)(H,22,23). The Morgan fingerprint density at radius 1 is 1.00 bits per heavy atom. The topological polar surface area (TPSA) is 84.0 Å². The number of anilines is 3. The van der Waals surface area contributed by atoms with Gasteiger partial charge in [-0.1, -0.05) is 48.2 Å². The van der Waals surface area contributed by atoms with Crippen LogP contribution in [0.3, 0.4) is 0 Å². The third-order valence-electron chi connectivity index (χ3n) is 3.73. The van der Waals surface area contributed by atoms with Crippen LogP contribution in [0.4, 0.5) is 16.5 Å². The minimum atomic E-state index is -0.0201. The molecule has 0 bridgehead atoms. The first-order chi connectivity index (χ1) is 13.6. The zero-order chi connectivity index (χ0) is 19.8. The van der Waals surface area contributed by atoms with Crippen molar-refractivity contribution in [1.29, 1.82) is 0 Å². The fraction of sp³-hybridized carbons (Fsp3) is 0.200. The van der Waals surface area contributed by atoms with Crippen molar-refractivity contribution >= 4 is 51.3 Å². The largest absolute Gasteiger partial charge is 0.330 e. The monoisotopic (exact) mass is 412 g/mol. The molecule has 0 aliphatic rings. The fourth-order valence-electron chi connectivity index (χ4n) is 2.36. The van der Waals surface area contributed by atoms with Gasteiger partial charge in [0, 0.05) is 23.4 Å². The van der Waals surface area contributed by atoms with Crippen molar-refractivity contribution in [3.63, 3.8) is 0 Å². The number of hydrogen-bond donors (Lipinski definition) is 2. The van der Waals surface area contributed by atoms with Crippen molar-refractivity contribution in [3.8, 4) is 0 Å². The number of Topliss-reactive ketones (excluding diaryl/α,β-unsaturated/α-hetero) is 1. The van der Waals surface area contributed by atoms with Gasteiger partial charge in [-0.05, 0) is 42.8 Å². The molecule has 0 unspecified atom stereocenters. The lowest BCUT2D eigenvalue weighted by Crippen LogP contribution is -2.10. The summed E-state index contributed by atoms with van der Waals surface area (Å²) in [7, 11) is 0. The number of carbonyl (C=O) groups excluding carboxylic acids is 2. The van der Waals surface area contributed by atoms with Gasteiger partial charge in [-0.3, -0.25) is 9.59 Å². The van der Waals surface area contributed by atoms with Crippen molar-refractivity contribution in [2.75, 3.05) is 16.4 Å². The number of aromatic nitrogens is 2. The van der Waals surface area contributed by atoms with E-state index in [1.54, 1.807) is 24.3 Å². The predicted molar refractivity (Wildman–Crippen MR) is 115 cm³/mol. The van der Waals surface area contributed by atoms with Crippen LogP contribution in [0.2, 0.25) is 0 Å². The van der Waals surface area contributed by atoms with Crippen LogP contribution < -0.4 is 10.6 Å². The molecule has 0 atom stereocenters. The summed E-state index contributed by atoms with van der Waals surface area (Å²) >= 11 is 2.77.